The molecule has 0 atom stereocenters. The molecule has 1 aromatic rings. The Hall–Kier alpha value is -1.80. The Morgan fingerprint density at radius 2 is 1.89 bits per heavy atom. The van der Waals surface area contributed by atoms with E-state index in [-0.39, 0.29) is 5.91 Å². The van der Waals surface area contributed by atoms with Gasteiger partial charge in [0, 0.05) is 36.3 Å². The highest BCUT2D eigenvalue weighted by molar-refractivity contribution is 9.10. The average molecular weight is 453 g/mol. The smallest absolute Gasteiger partial charge is 0.407 e. The van der Waals surface area contributed by atoms with E-state index in [1.807, 2.05) is 45.0 Å². The number of carbonyl (C=O) groups is 2. The van der Waals surface area contributed by atoms with Crippen molar-refractivity contribution in [2.45, 2.75) is 44.8 Å². The number of hydrogen-bond acceptors (Lipinski definition) is 5. The first kappa shape index (κ1) is 20.9. The number of amides is 2. The molecule has 7 nitrogen and oxygen atoms in total. The van der Waals surface area contributed by atoms with Gasteiger partial charge >= 0.3 is 6.09 Å². The third kappa shape index (κ3) is 4.78. The molecule has 2 aliphatic heterocycles. The van der Waals surface area contributed by atoms with Gasteiger partial charge in [0.1, 0.15) is 11.1 Å². The minimum Gasteiger partial charge on any atom is -0.444 e. The van der Waals surface area contributed by atoms with Gasteiger partial charge in [-0.05, 0) is 57.9 Å². The lowest BCUT2D eigenvalue weighted by atomic mass is 9.85. The molecule has 2 fully saturated rings. The number of ether oxygens (including phenoxy) is 1. The zero-order valence-electron chi connectivity index (χ0n) is 16.8. The van der Waals surface area contributed by atoms with Gasteiger partial charge in [0.15, 0.2) is 0 Å². The van der Waals surface area contributed by atoms with E-state index in [1.54, 1.807) is 0 Å². The lowest BCUT2D eigenvalue weighted by molar-refractivity contribution is -0.125. The van der Waals surface area contributed by atoms with Crippen molar-refractivity contribution in [2.75, 3.05) is 37.7 Å². The highest BCUT2D eigenvalue weighted by atomic mass is 79.9. The molecule has 0 unspecified atom stereocenters. The standard InChI is InChI=1S/C20H29BrN4O3/c1-19(2,3)28-18(27)22-10-13-24-11-8-20(9-12-24)17(26)23-14-25(20)16-6-4-15(21)5-7-16/h4-7H,8-14H2,1-3H3,(H,22,27)(H,23,26). The van der Waals surface area contributed by atoms with E-state index in [0.29, 0.717) is 13.2 Å². The van der Waals surface area contributed by atoms with Gasteiger partial charge in [-0.3, -0.25) is 4.79 Å². The number of carbonyl (C=O) groups excluding carboxylic acids is 2. The summed E-state index contributed by atoms with van der Waals surface area (Å²) in [5.74, 6) is 0.113. The largest absolute Gasteiger partial charge is 0.444 e. The van der Waals surface area contributed by atoms with Crippen LogP contribution in [-0.2, 0) is 9.53 Å². The van der Waals surface area contributed by atoms with Crippen LogP contribution < -0.4 is 15.5 Å². The summed E-state index contributed by atoms with van der Waals surface area (Å²) in [6, 6.07) is 8.10. The molecule has 28 heavy (non-hydrogen) atoms. The van der Waals surface area contributed by atoms with E-state index in [9.17, 15) is 9.59 Å². The normalized spacial score (nSPS) is 19.6. The SMILES string of the molecule is CC(C)(C)OC(=O)NCCN1CCC2(CC1)C(=O)NCN2c1ccc(Br)cc1. The van der Waals surface area contributed by atoms with E-state index < -0.39 is 17.2 Å². The fourth-order valence-electron chi connectivity index (χ4n) is 3.82. The summed E-state index contributed by atoms with van der Waals surface area (Å²) in [4.78, 5) is 28.9. The second-order valence-electron chi connectivity index (χ2n) is 8.37. The molecule has 8 heteroatoms. The van der Waals surface area contributed by atoms with Crippen LogP contribution in [0.1, 0.15) is 33.6 Å². The zero-order valence-corrected chi connectivity index (χ0v) is 18.3. The first-order valence-electron chi connectivity index (χ1n) is 9.70. The molecule has 2 saturated heterocycles. The van der Waals surface area contributed by atoms with E-state index in [2.05, 4.69) is 36.4 Å². The predicted octanol–water partition coefficient (Wildman–Crippen LogP) is 2.70. The van der Waals surface area contributed by atoms with Crippen molar-refractivity contribution in [2.24, 2.45) is 0 Å². The molecule has 3 rings (SSSR count). The van der Waals surface area contributed by atoms with Crippen LogP contribution in [0.2, 0.25) is 0 Å². The molecule has 2 aliphatic rings. The Bertz CT molecular complexity index is 709. The maximum absolute atomic E-state index is 12.7. The molecule has 0 saturated carbocycles. The van der Waals surface area contributed by atoms with Gasteiger partial charge in [0.2, 0.25) is 5.91 Å². The Morgan fingerprint density at radius 1 is 1.25 bits per heavy atom. The van der Waals surface area contributed by atoms with Crippen molar-refractivity contribution in [3.63, 3.8) is 0 Å². The Labute approximate surface area is 174 Å². The molecule has 2 N–H and O–H groups in total. The highest BCUT2D eigenvalue weighted by Gasteiger charge is 2.50. The van der Waals surface area contributed by atoms with Crippen LogP contribution in [0.3, 0.4) is 0 Å². The number of nitrogens with zero attached hydrogens (tertiary/aromatic N) is 2. The van der Waals surface area contributed by atoms with Crippen molar-refractivity contribution in [1.82, 2.24) is 15.5 Å². The summed E-state index contributed by atoms with van der Waals surface area (Å²) in [6.07, 6.45) is 1.14. The second kappa shape index (κ2) is 8.29. The lowest BCUT2D eigenvalue weighted by Gasteiger charge is -2.43. The Balaban J connectivity index is 1.53. The maximum atomic E-state index is 12.7. The molecule has 1 spiro atoms. The molecular formula is C20H29BrN4O3. The average Bonchev–Trinajstić information content (AvgIpc) is 2.92. The number of benzene rings is 1. The zero-order chi connectivity index (χ0) is 20.4. The number of anilines is 1. The first-order valence-corrected chi connectivity index (χ1v) is 10.5. The maximum Gasteiger partial charge on any atom is 0.407 e. The summed E-state index contributed by atoms with van der Waals surface area (Å²) in [7, 11) is 0. The molecule has 154 valence electrons. The van der Waals surface area contributed by atoms with Crippen molar-refractivity contribution in [3.8, 4) is 0 Å². The van der Waals surface area contributed by atoms with Crippen molar-refractivity contribution < 1.29 is 14.3 Å². The summed E-state index contributed by atoms with van der Waals surface area (Å²) < 4.78 is 6.28. The van der Waals surface area contributed by atoms with Crippen molar-refractivity contribution in [1.29, 1.82) is 0 Å². The van der Waals surface area contributed by atoms with Crippen LogP contribution in [0.4, 0.5) is 10.5 Å². The van der Waals surface area contributed by atoms with Gasteiger partial charge in [0.25, 0.3) is 0 Å². The van der Waals surface area contributed by atoms with Crippen LogP contribution in [-0.4, -0.2) is 60.9 Å². The Kier molecular flexibility index (Phi) is 6.19. The highest BCUT2D eigenvalue weighted by Crippen LogP contribution is 2.36. The number of piperidine rings is 1. The lowest BCUT2D eigenvalue weighted by Crippen LogP contribution is -2.57. The Morgan fingerprint density at radius 3 is 2.50 bits per heavy atom. The minimum absolute atomic E-state index is 0.113. The van der Waals surface area contributed by atoms with Crippen LogP contribution in [0.5, 0.6) is 0 Å². The molecule has 1 aromatic carbocycles. The number of halogens is 1. The quantitative estimate of drug-likeness (QED) is 0.734. The van der Waals surface area contributed by atoms with Crippen LogP contribution in [0.25, 0.3) is 0 Å². The molecule has 0 radical (unpaired) electrons. The van der Waals surface area contributed by atoms with E-state index in [4.69, 9.17) is 4.74 Å². The van der Waals surface area contributed by atoms with Gasteiger partial charge in [-0.15, -0.1) is 0 Å². The molecule has 0 aliphatic carbocycles. The van der Waals surface area contributed by atoms with E-state index in [1.165, 1.54) is 0 Å². The van der Waals surface area contributed by atoms with Crippen molar-refractivity contribution in [3.05, 3.63) is 28.7 Å². The first-order chi connectivity index (χ1) is 13.2. The molecule has 2 amide bonds. The molecule has 0 aromatic heterocycles. The van der Waals surface area contributed by atoms with E-state index >= 15 is 0 Å². The summed E-state index contributed by atoms with van der Waals surface area (Å²) >= 11 is 3.46. The third-order valence-electron chi connectivity index (χ3n) is 5.25. The number of likely N-dealkylation sites (tertiary alicyclic amines) is 1. The molecular weight excluding hydrogens is 424 g/mol. The van der Waals surface area contributed by atoms with E-state index in [0.717, 1.165) is 42.6 Å². The predicted molar refractivity (Wildman–Crippen MR) is 112 cm³/mol. The van der Waals surface area contributed by atoms with Crippen LogP contribution in [0.15, 0.2) is 28.7 Å². The number of hydrogen-bond donors (Lipinski definition) is 2. The monoisotopic (exact) mass is 452 g/mol. The molecule has 0 bridgehead atoms. The van der Waals surface area contributed by atoms with Crippen molar-refractivity contribution >= 4 is 33.6 Å². The number of alkyl carbamates (subject to hydrolysis) is 1. The van der Waals surface area contributed by atoms with Gasteiger partial charge < -0.3 is 25.2 Å². The van der Waals surface area contributed by atoms with Gasteiger partial charge in [-0.1, -0.05) is 15.9 Å². The fraction of sp³-hybridized carbons (Fsp3) is 0.600. The number of nitrogens with one attached hydrogen (secondary N) is 2. The summed E-state index contributed by atoms with van der Waals surface area (Å²) in [5, 5.41) is 5.82. The number of rotatable bonds is 4. The second-order valence-corrected chi connectivity index (χ2v) is 9.29. The van der Waals surface area contributed by atoms with Gasteiger partial charge in [-0.2, -0.15) is 0 Å². The fourth-order valence-corrected chi connectivity index (χ4v) is 4.09. The summed E-state index contributed by atoms with van der Waals surface area (Å²) in [5.41, 5.74) is 0.0817. The van der Waals surface area contributed by atoms with Crippen LogP contribution in [0, 0.1) is 0 Å². The topological polar surface area (TPSA) is 73.9 Å². The van der Waals surface area contributed by atoms with Gasteiger partial charge in [0.05, 0.1) is 6.67 Å². The van der Waals surface area contributed by atoms with Gasteiger partial charge in [-0.25, -0.2) is 4.79 Å². The summed E-state index contributed by atoms with van der Waals surface area (Å²) in [6.45, 7) is 8.99. The third-order valence-corrected chi connectivity index (χ3v) is 5.78. The molecule has 2 heterocycles. The minimum atomic E-state index is -0.492. The van der Waals surface area contributed by atoms with Crippen LogP contribution >= 0.6 is 15.9 Å².